The van der Waals surface area contributed by atoms with Crippen molar-refractivity contribution in [2.45, 2.75) is 65.7 Å². The van der Waals surface area contributed by atoms with E-state index >= 15 is 0 Å². The van der Waals surface area contributed by atoms with Crippen LogP contribution in [-0.2, 0) is 36.7 Å². The van der Waals surface area contributed by atoms with Crippen LogP contribution in [0, 0.1) is 0 Å². The summed E-state index contributed by atoms with van der Waals surface area (Å²) >= 11 is 0. The molecule has 0 bridgehead atoms. The number of carbonyl (C=O) groups excluding carboxylic acids is 3. The van der Waals surface area contributed by atoms with Crippen LogP contribution in [0.4, 0.5) is 0 Å². The molecule has 1 aromatic heterocycles. The first-order valence-corrected chi connectivity index (χ1v) is 14.1. The zero-order valence-electron chi connectivity index (χ0n) is 24.6. The molecule has 8 heteroatoms. The third-order valence-corrected chi connectivity index (χ3v) is 6.59. The van der Waals surface area contributed by atoms with Gasteiger partial charge in [0.1, 0.15) is 11.3 Å². The molecule has 0 atom stereocenters. The molecule has 3 rings (SSSR count). The summed E-state index contributed by atoms with van der Waals surface area (Å²) in [5, 5.41) is 0.784. The molecule has 0 fully saturated rings. The van der Waals surface area contributed by atoms with Crippen molar-refractivity contribution in [2.24, 2.45) is 0 Å². The van der Waals surface area contributed by atoms with E-state index in [9.17, 15) is 19.2 Å². The molecule has 0 N–H and O–H groups in total. The maximum atomic E-state index is 13.0. The maximum absolute atomic E-state index is 13.0. The average molecular weight is 575 g/mol. The lowest BCUT2D eigenvalue weighted by atomic mass is 9.95. The number of unbranched alkanes of at least 4 members (excludes halogenated alkanes) is 2. The third-order valence-electron chi connectivity index (χ3n) is 6.59. The van der Waals surface area contributed by atoms with Crippen molar-refractivity contribution >= 4 is 28.9 Å². The topological polar surface area (TPSA) is 109 Å². The van der Waals surface area contributed by atoms with Gasteiger partial charge in [0, 0.05) is 23.0 Å². The summed E-state index contributed by atoms with van der Waals surface area (Å²) in [5.41, 5.74) is 3.87. The molecular formula is C34H38O8. The van der Waals surface area contributed by atoms with E-state index in [0.29, 0.717) is 54.1 Å². The fraction of sp³-hybridized carbons (Fsp3) is 0.353. The summed E-state index contributed by atoms with van der Waals surface area (Å²) in [6, 6.07) is 12.4. The van der Waals surface area contributed by atoms with Gasteiger partial charge in [0.2, 0.25) is 0 Å². The molecule has 0 unspecified atom stereocenters. The second kappa shape index (κ2) is 15.5. The first kappa shape index (κ1) is 32.1. The van der Waals surface area contributed by atoms with E-state index < -0.39 is 17.6 Å². The van der Waals surface area contributed by atoms with E-state index in [1.807, 2.05) is 18.2 Å². The lowest BCUT2D eigenvalue weighted by molar-refractivity contribution is -0.143. The van der Waals surface area contributed by atoms with Gasteiger partial charge >= 0.3 is 23.5 Å². The number of ether oxygens (including phenoxy) is 3. The van der Waals surface area contributed by atoms with E-state index in [0.717, 1.165) is 48.6 Å². The molecule has 42 heavy (non-hydrogen) atoms. The molecule has 3 aromatic rings. The van der Waals surface area contributed by atoms with E-state index in [2.05, 4.69) is 13.2 Å². The molecule has 222 valence electrons. The predicted molar refractivity (Wildman–Crippen MR) is 161 cm³/mol. The Hall–Kier alpha value is -4.46. The Morgan fingerprint density at radius 3 is 1.98 bits per heavy atom. The van der Waals surface area contributed by atoms with Crippen molar-refractivity contribution in [3.8, 4) is 16.9 Å². The van der Waals surface area contributed by atoms with Gasteiger partial charge in [-0.2, -0.15) is 0 Å². The summed E-state index contributed by atoms with van der Waals surface area (Å²) in [7, 11) is 0. The van der Waals surface area contributed by atoms with Crippen LogP contribution >= 0.6 is 0 Å². The maximum Gasteiger partial charge on any atom is 0.344 e. The second-order valence-electron chi connectivity index (χ2n) is 10.2. The Bertz CT molecular complexity index is 1510. The van der Waals surface area contributed by atoms with Crippen LogP contribution in [0.25, 0.3) is 22.1 Å². The molecule has 0 radical (unpaired) electrons. The van der Waals surface area contributed by atoms with Crippen molar-refractivity contribution < 1.29 is 33.0 Å². The Morgan fingerprint density at radius 2 is 1.38 bits per heavy atom. The molecule has 0 aliphatic carbocycles. The molecule has 0 amide bonds. The SMILES string of the molecule is C=C(C)C(=O)OCCCCc1cc2cc(-c3ccc(OC(=O)C(=C)C)cc3)c(=O)oc2cc1CCCCOC(=O)CC. The van der Waals surface area contributed by atoms with Crippen LogP contribution < -0.4 is 10.4 Å². The van der Waals surface area contributed by atoms with Crippen LogP contribution in [0.15, 0.2) is 76.0 Å². The van der Waals surface area contributed by atoms with E-state index in [1.165, 1.54) is 0 Å². The lowest BCUT2D eigenvalue weighted by Gasteiger charge is -2.13. The number of carbonyl (C=O) groups is 3. The summed E-state index contributed by atoms with van der Waals surface area (Å²) in [6.45, 7) is 12.8. The van der Waals surface area contributed by atoms with E-state index in [1.54, 1.807) is 45.0 Å². The summed E-state index contributed by atoms with van der Waals surface area (Å²) in [4.78, 5) is 47.8. The first-order chi connectivity index (χ1) is 20.1. The lowest BCUT2D eigenvalue weighted by Crippen LogP contribution is -2.08. The van der Waals surface area contributed by atoms with Gasteiger partial charge < -0.3 is 18.6 Å². The van der Waals surface area contributed by atoms with Gasteiger partial charge in [-0.3, -0.25) is 4.79 Å². The van der Waals surface area contributed by atoms with Gasteiger partial charge in [-0.15, -0.1) is 0 Å². The Labute approximate surface area is 246 Å². The first-order valence-electron chi connectivity index (χ1n) is 14.1. The highest BCUT2D eigenvalue weighted by Gasteiger charge is 2.13. The van der Waals surface area contributed by atoms with Gasteiger partial charge in [0.05, 0.1) is 18.8 Å². The number of hydrogen-bond acceptors (Lipinski definition) is 8. The monoisotopic (exact) mass is 574 g/mol. The van der Waals surface area contributed by atoms with Crippen LogP contribution in [0.2, 0.25) is 0 Å². The molecule has 0 aliphatic heterocycles. The van der Waals surface area contributed by atoms with Gasteiger partial charge in [-0.05, 0) is 99.4 Å². The smallest absolute Gasteiger partial charge is 0.344 e. The van der Waals surface area contributed by atoms with Gasteiger partial charge in [0.15, 0.2) is 0 Å². The number of benzene rings is 2. The summed E-state index contributed by atoms with van der Waals surface area (Å²) < 4.78 is 21.4. The van der Waals surface area contributed by atoms with Crippen LogP contribution in [-0.4, -0.2) is 31.1 Å². The average Bonchev–Trinajstić information content (AvgIpc) is 2.96. The van der Waals surface area contributed by atoms with E-state index in [-0.39, 0.29) is 11.5 Å². The minimum Gasteiger partial charge on any atom is -0.466 e. The zero-order chi connectivity index (χ0) is 30.6. The Balaban J connectivity index is 1.81. The number of fused-ring (bicyclic) bond motifs is 1. The third kappa shape index (κ3) is 9.29. The Kier molecular flexibility index (Phi) is 11.8. The van der Waals surface area contributed by atoms with Crippen molar-refractivity contribution in [2.75, 3.05) is 13.2 Å². The minimum absolute atomic E-state index is 0.214. The molecule has 0 spiro atoms. The number of aryl methyl sites for hydroxylation is 2. The predicted octanol–water partition coefficient (Wildman–Crippen LogP) is 6.66. The fourth-order valence-electron chi connectivity index (χ4n) is 4.23. The number of esters is 3. The van der Waals surface area contributed by atoms with Gasteiger partial charge in [0.25, 0.3) is 0 Å². The minimum atomic E-state index is -0.521. The highest BCUT2D eigenvalue weighted by molar-refractivity contribution is 5.89. The van der Waals surface area contributed by atoms with Crippen molar-refractivity contribution in [3.63, 3.8) is 0 Å². The standard InChI is InChI=1S/C34H38O8/c1-6-31(35)39-17-9-7-12-26-21-30-27(19-25(26)11-8-10-18-40-32(36)22(2)3)20-29(34(38)42-30)24-13-15-28(16-14-24)41-33(37)23(4)5/h13-16,19-21H,2,4,6-12,17-18H2,1,3,5H3. The van der Waals surface area contributed by atoms with Gasteiger partial charge in [-0.25, -0.2) is 14.4 Å². The zero-order valence-corrected chi connectivity index (χ0v) is 24.6. The fourth-order valence-corrected chi connectivity index (χ4v) is 4.23. The largest absolute Gasteiger partial charge is 0.466 e. The molecule has 0 saturated heterocycles. The molecule has 0 aliphatic rings. The van der Waals surface area contributed by atoms with Gasteiger partial charge in [-0.1, -0.05) is 32.2 Å². The molecule has 0 saturated carbocycles. The van der Waals surface area contributed by atoms with Crippen molar-refractivity contribution in [1.82, 2.24) is 0 Å². The molecular weight excluding hydrogens is 536 g/mol. The van der Waals surface area contributed by atoms with Crippen LogP contribution in [0.5, 0.6) is 5.75 Å². The van der Waals surface area contributed by atoms with Crippen molar-refractivity contribution in [1.29, 1.82) is 0 Å². The second-order valence-corrected chi connectivity index (χ2v) is 10.2. The quantitative estimate of drug-likeness (QED) is 0.0652. The normalized spacial score (nSPS) is 10.7. The molecule has 1 heterocycles. The highest BCUT2D eigenvalue weighted by Crippen LogP contribution is 2.27. The molecule has 2 aromatic carbocycles. The molecule has 8 nitrogen and oxygen atoms in total. The number of hydrogen-bond donors (Lipinski definition) is 0. The number of rotatable bonds is 15. The van der Waals surface area contributed by atoms with E-state index in [4.69, 9.17) is 18.6 Å². The van der Waals surface area contributed by atoms with Crippen LogP contribution in [0.3, 0.4) is 0 Å². The van der Waals surface area contributed by atoms with Crippen molar-refractivity contribution in [3.05, 3.63) is 88.3 Å². The summed E-state index contributed by atoms with van der Waals surface area (Å²) in [6.07, 6.45) is 4.85. The summed E-state index contributed by atoms with van der Waals surface area (Å²) in [5.74, 6) is -0.780. The van der Waals surface area contributed by atoms with Crippen LogP contribution in [0.1, 0.15) is 64.0 Å². The Morgan fingerprint density at radius 1 is 0.786 bits per heavy atom. The highest BCUT2D eigenvalue weighted by atomic mass is 16.5.